The summed E-state index contributed by atoms with van der Waals surface area (Å²) in [5.41, 5.74) is 0. The normalized spacial score (nSPS) is 14.1. The van der Waals surface area contributed by atoms with E-state index >= 15 is 0 Å². The van der Waals surface area contributed by atoms with Crippen LogP contribution < -0.4 is 0 Å². The summed E-state index contributed by atoms with van der Waals surface area (Å²) in [7, 11) is 1.46. The lowest BCUT2D eigenvalue weighted by Crippen LogP contribution is -2.37. The topological polar surface area (TPSA) is 108 Å². The third-order valence-electron chi connectivity index (χ3n) is 10.9. The first-order valence-corrected chi connectivity index (χ1v) is 27.8. The Morgan fingerprint density at radius 2 is 0.864 bits per heavy atom. The number of hydrogen-bond acceptors (Lipinski definition) is 7. The summed E-state index contributed by atoms with van der Waals surface area (Å²) < 4.78 is 34.5. The molecule has 9 nitrogen and oxygen atoms in total. The molecule has 2 atom stereocenters. The first-order valence-electron chi connectivity index (χ1n) is 26.3. The Bertz CT molecular complexity index is 1390. The lowest BCUT2D eigenvalue weighted by atomic mass is 10.1. The molecule has 0 aliphatic heterocycles. The van der Waals surface area contributed by atoms with E-state index in [0.717, 1.165) is 96.3 Å². The molecule has 0 aromatic rings. The van der Waals surface area contributed by atoms with Gasteiger partial charge in [0.25, 0.3) is 0 Å². The number of rotatable bonds is 47. The van der Waals surface area contributed by atoms with E-state index in [9.17, 15) is 19.0 Å². The fraction of sp³-hybridized carbons (Fsp3) is 0.714. The molecule has 380 valence electrons. The van der Waals surface area contributed by atoms with Crippen LogP contribution in [0.4, 0.5) is 0 Å². The molecule has 0 bridgehead atoms. The summed E-state index contributed by atoms with van der Waals surface area (Å²) in [5, 5.41) is 0. The molecule has 0 amide bonds. The highest BCUT2D eigenvalue weighted by atomic mass is 31.2. The van der Waals surface area contributed by atoms with Gasteiger partial charge in [-0.2, -0.15) is 0 Å². The van der Waals surface area contributed by atoms with Gasteiger partial charge in [0.2, 0.25) is 0 Å². The van der Waals surface area contributed by atoms with E-state index in [2.05, 4.69) is 98.9 Å². The molecule has 0 aliphatic rings. The van der Waals surface area contributed by atoms with Crippen molar-refractivity contribution in [2.45, 2.75) is 213 Å². The van der Waals surface area contributed by atoms with E-state index in [4.69, 9.17) is 18.5 Å². The van der Waals surface area contributed by atoms with Gasteiger partial charge in [0.05, 0.1) is 27.7 Å². The number of likely N-dealkylation sites (N-methyl/N-ethyl adjacent to an activating group) is 1. The standard InChI is InChI=1S/C56H98NO8P/c1-6-8-10-12-14-16-18-20-22-24-25-26-27-28-29-30-31-33-35-37-39-41-43-45-47-49-56(59)65-54(53-64-66(60,61)63-51-50-57(3,4)5)52-62-55(58)48-46-44-42-40-38-36-34-32-23-21-19-17-15-13-11-9-7-2/h8,10,14-17,20-23,25-26,28-29,54H,6-7,9,11-13,18-19,24,27,30-53H2,1-5H3/p+1/b10-8-,16-14-,17-15-,22-20-,23-21-,26-25-,29-28-. The largest absolute Gasteiger partial charge is 0.472 e. The third kappa shape index (κ3) is 50.6. The summed E-state index contributed by atoms with van der Waals surface area (Å²) in [6, 6.07) is 0. The number of ether oxygens (including phenoxy) is 2. The summed E-state index contributed by atoms with van der Waals surface area (Å²) in [6.07, 6.45) is 62.0. The van der Waals surface area contributed by atoms with Crippen LogP contribution in [-0.4, -0.2) is 74.9 Å². The molecule has 10 heteroatoms. The SMILES string of the molecule is CC/C=C\C/C=C\C/C=C\C/C=C\C/C=C\CCCCCCCCCCCC(=O)OC(COC(=O)CCCCCCCCC/C=C\C/C=C\CCCCC)COP(=O)(O)OCC[N+](C)(C)C. The number of carbonyl (C=O) groups excluding carboxylic acids is 2. The van der Waals surface area contributed by atoms with Crippen LogP contribution in [0.1, 0.15) is 206 Å². The van der Waals surface area contributed by atoms with Crippen molar-refractivity contribution in [3.63, 3.8) is 0 Å². The van der Waals surface area contributed by atoms with Crippen molar-refractivity contribution < 1.29 is 42.1 Å². The van der Waals surface area contributed by atoms with Gasteiger partial charge in [0.15, 0.2) is 6.10 Å². The average Bonchev–Trinajstić information content (AvgIpc) is 3.27. The van der Waals surface area contributed by atoms with E-state index in [1.54, 1.807) is 0 Å². The van der Waals surface area contributed by atoms with Gasteiger partial charge in [-0.1, -0.05) is 189 Å². The summed E-state index contributed by atoms with van der Waals surface area (Å²) in [6.45, 7) is 4.27. The number of phosphoric acid groups is 1. The second kappa shape index (κ2) is 47.3. The van der Waals surface area contributed by atoms with Crippen molar-refractivity contribution in [3.8, 4) is 0 Å². The van der Waals surface area contributed by atoms with Crippen molar-refractivity contribution >= 4 is 19.8 Å². The van der Waals surface area contributed by atoms with Gasteiger partial charge in [-0.3, -0.25) is 18.6 Å². The van der Waals surface area contributed by atoms with Crippen LogP contribution in [0.2, 0.25) is 0 Å². The van der Waals surface area contributed by atoms with Crippen molar-refractivity contribution in [2.24, 2.45) is 0 Å². The Morgan fingerprint density at radius 3 is 1.29 bits per heavy atom. The van der Waals surface area contributed by atoms with Crippen LogP contribution in [0.25, 0.3) is 0 Å². The lowest BCUT2D eigenvalue weighted by Gasteiger charge is -2.24. The summed E-state index contributed by atoms with van der Waals surface area (Å²) in [5.74, 6) is -0.817. The van der Waals surface area contributed by atoms with Crippen molar-refractivity contribution in [1.29, 1.82) is 0 Å². The van der Waals surface area contributed by atoms with E-state index < -0.39 is 26.5 Å². The molecule has 0 aromatic carbocycles. The van der Waals surface area contributed by atoms with Crippen LogP contribution in [0.5, 0.6) is 0 Å². The Morgan fingerprint density at radius 1 is 0.485 bits per heavy atom. The fourth-order valence-electron chi connectivity index (χ4n) is 6.84. The number of esters is 2. The first kappa shape index (κ1) is 63.2. The maximum absolute atomic E-state index is 12.8. The van der Waals surface area contributed by atoms with Gasteiger partial charge < -0.3 is 18.9 Å². The van der Waals surface area contributed by atoms with Crippen LogP contribution in [-0.2, 0) is 32.7 Å². The predicted octanol–water partition coefficient (Wildman–Crippen LogP) is 15.9. The van der Waals surface area contributed by atoms with E-state index in [1.807, 2.05) is 21.1 Å². The molecule has 2 unspecified atom stereocenters. The smallest absolute Gasteiger partial charge is 0.462 e. The second-order valence-corrected chi connectivity index (χ2v) is 20.0. The zero-order valence-corrected chi connectivity index (χ0v) is 43.8. The van der Waals surface area contributed by atoms with Crippen LogP contribution >= 0.6 is 7.82 Å². The Hall–Kier alpha value is -2.81. The van der Waals surface area contributed by atoms with Gasteiger partial charge in [-0.05, 0) is 89.9 Å². The number of carbonyl (C=O) groups is 2. The molecular weight excluding hydrogens is 846 g/mol. The van der Waals surface area contributed by atoms with Gasteiger partial charge in [-0.15, -0.1) is 0 Å². The van der Waals surface area contributed by atoms with Gasteiger partial charge in [-0.25, -0.2) is 4.57 Å². The Labute approximate surface area is 405 Å². The quantitative estimate of drug-likeness (QED) is 0.0211. The van der Waals surface area contributed by atoms with Crippen LogP contribution in [0.15, 0.2) is 85.1 Å². The molecule has 0 radical (unpaired) electrons. The molecule has 0 rings (SSSR count). The Kier molecular flexibility index (Phi) is 45.3. The van der Waals surface area contributed by atoms with Gasteiger partial charge in [0.1, 0.15) is 19.8 Å². The van der Waals surface area contributed by atoms with E-state index in [-0.39, 0.29) is 32.0 Å². The highest BCUT2D eigenvalue weighted by molar-refractivity contribution is 7.47. The number of phosphoric ester groups is 1. The predicted molar refractivity (Wildman–Crippen MR) is 279 cm³/mol. The van der Waals surface area contributed by atoms with Gasteiger partial charge in [0, 0.05) is 12.8 Å². The molecule has 0 heterocycles. The number of allylic oxidation sites excluding steroid dienone is 14. The first-order chi connectivity index (χ1) is 32.0. The van der Waals surface area contributed by atoms with Crippen LogP contribution in [0.3, 0.4) is 0 Å². The maximum Gasteiger partial charge on any atom is 0.472 e. The van der Waals surface area contributed by atoms with Gasteiger partial charge >= 0.3 is 19.8 Å². The average molecular weight is 945 g/mol. The minimum atomic E-state index is -4.39. The number of hydrogen-bond donors (Lipinski definition) is 1. The number of unbranched alkanes of at least 4 members (excludes halogenated alkanes) is 19. The van der Waals surface area contributed by atoms with Crippen LogP contribution in [0, 0.1) is 0 Å². The number of nitrogens with zero attached hydrogens (tertiary/aromatic N) is 1. The molecule has 1 N–H and O–H groups in total. The second-order valence-electron chi connectivity index (χ2n) is 18.5. The highest BCUT2D eigenvalue weighted by Gasteiger charge is 2.27. The molecule has 0 aliphatic carbocycles. The molecule has 0 fully saturated rings. The minimum absolute atomic E-state index is 0.0250. The molecule has 0 saturated heterocycles. The molecule has 0 aromatic heterocycles. The summed E-state index contributed by atoms with van der Waals surface area (Å²) in [4.78, 5) is 35.6. The van der Waals surface area contributed by atoms with Crippen molar-refractivity contribution in [3.05, 3.63) is 85.1 Å². The zero-order chi connectivity index (χ0) is 48.5. The molecule has 0 saturated carbocycles. The molecule has 0 spiro atoms. The highest BCUT2D eigenvalue weighted by Crippen LogP contribution is 2.43. The third-order valence-corrected chi connectivity index (χ3v) is 11.9. The van der Waals surface area contributed by atoms with E-state index in [0.29, 0.717) is 17.4 Å². The lowest BCUT2D eigenvalue weighted by molar-refractivity contribution is -0.870. The van der Waals surface area contributed by atoms with E-state index in [1.165, 1.54) is 77.0 Å². The maximum atomic E-state index is 12.8. The van der Waals surface area contributed by atoms with Crippen molar-refractivity contribution in [1.82, 2.24) is 0 Å². The van der Waals surface area contributed by atoms with Crippen molar-refractivity contribution in [2.75, 3.05) is 47.5 Å². The fourth-order valence-corrected chi connectivity index (χ4v) is 7.58. The zero-order valence-electron chi connectivity index (χ0n) is 42.9. The Balaban J connectivity index is 4.26. The monoisotopic (exact) mass is 945 g/mol. The molecule has 66 heavy (non-hydrogen) atoms. The summed E-state index contributed by atoms with van der Waals surface area (Å²) >= 11 is 0. The number of quaternary nitrogens is 1. The molecular formula is C56H99NO8P+. The minimum Gasteiger partial charge on any atom is -0.462 e.